The predicted molar refractivity (Wildman–Crippen MR) is 115 cm³/mol. The van der Waals surface area contributed by atoms with Crippen molar-refractivity contribution in [3.8, 4) is 22.8 Å². The first-order valence-electron chi connectivity index (χ1n) is 9.44. The summed E-state index contributed by atoms with van der Waals surface area (Å²) in [4.78, 5) is 38.6. The van der Waals surface area contributed by atoms with Gasteiger partial charge in [0.1, 0.15) is 11.6 Å². The molecule has 0 atom stereocenters. The summed E-state index contributed by atoms with van der Waals surface area (Å²) in [5, 5.41) is 15.1. The van der Waals surface area contributed by atoms with E-state index in [9.17, 15) is 28.5 Å². The molecule has 3 aromatic rings. The summed E-state index contributed by atoms with van der Waals surface area (Å²) in [5.74, 6) is -2.46. The molecule has 1 amide bonds. The van der Waals surface area contributed by atoms with Crippen molar-refractivity contribution in [1.29, 1.82) is 0 Å². The molecule has 0 aliphatic carbocycles. The maximum atomic E-state index is 13.9. The van der Waals surface area contributed by atoms with Crippen molar-refractivity contribution >= 4 is 40.1 Å². The van der Waals surface area contributed by atoms with Gasteiger partial charge >= 0.3 is 5.97 Å². The summed E-state index contributed by atoms with van der Waals surface area (Å²) in [7, 11) is 0. The zero-order valence-corrected chi connectivity index (χ0v) is 17.8. The standard InChI is InChI=1S/C21H13F2N3O7S/c22-12-2-3-14(23)13(6-12)15-9-34-21(24-15)25-19(27)8-31-20(28)4-1-11-5-17-18(33-10-32-17)7-16(11)26(29)30/h1-7,9H,8,10H2,(H,24,25,27)/b4-1+. The zero-order valence-electron chi connectivity index (χ0n) is 16.9. The highest BCUT2D eigenvalue weighted by Crippen LogP contribution is 2.38. The van der Waals surface area contributed by atoms with E-state index in [1.165, 1.54) is 17.5 Å². The van der Waals surface area contributed by atoms with Gasteiger partial charge in [-0.05, 0) is 30.3 Å². The Kier molecular flexibility index (Phi) is 6.45. The number of nitro benzene ring substituents is 1. The minimum Gasteiger partial charge on any atom is -0.454 e. The number of halogens is 2. The van der Waals surface area contributed by atoms with Crippen LogP contribution in [0.3, 0.4) is 0 Å². The fourth-order valence-electron chi connectivity index (χ4n) is 2.89. The molecule has 1 aliphatic heterocycles. The highest BCUT2D eigenvalue weighted by Gasteiger charge is 2.22. The number of nitro groups is 1. The second kappa shape index (κ2) is 9.62. The van der Waals surface area contributed by atoms with E-state index in [0.717, 1.165) is 41.7 Å². The van der Waals surface area contributed by atoms with Crippen molar-refractivity contribution in [2.45, 2.75) is 0 Å². The first-order chi connectivity index (χ1) is 16.3. The van der Waals surface area contributed by atoms with Crippen LogP contribution in [0.4, 0.5) is 19.6 Å². The molecule has 2 heterocycles. The zero-order chi connectivity index (χ0) is 24.2. The van der Waals surface area contributed by atoms with Gasteiger partial charge in [0, 0.05) is 17.0 Å². The molecule has 0 radical (unpaired) electrons. The van der Waals surface area contributed by atoms with Gasteiger partial charge < -0.3 is 14.2 Å². The Morgan fingerprint density at radius 2 is 2.00 bits per heavy atom. The number of hydrogen-bond acceptors (Lipinski definition) is 9. The number of amides is 1. The Bertz CT molecular complexity index is 1330. The number of esters is 1. The van der Waals surface area contributed by atoms with Crippen molar-refractivity contribution in [3.05, 3.63) is 69.1 Å². The lowest BCUT2D eigenvalue weighted by Gasteiger charge is -2.03. The second-order valence-corrected chi connectivity index (χ2v) is 7.53. The van der Waals surface area contributed by atoms with Crippen LogP contribution in [0.2, 0.25) is 0 Å². The molecule has 2 aromatic carbocycles. The van der Waals surface area contributed by atoms with Crippen LogP contribution in [0.15, 0.2) is 41.8 Å². The lowest BCUT2D eigenvalue weighted by molar-refractivity contribution is -0.385. The average molecular weight is 489 g/mol. The lowest BCUT2D eigenvalue weighted by atomic mass is 10.1. The fraction of sp³-hybridized carbons (Fsp3) is 0.0952. The molecule has 0 bridgehead atoms. The minimum absolute atomic E-state index is 0.0640. The summed E-state index contributed by atoms with van der Waals surface area (Å²) in [6, 6.07) is 5.45. The number of rotatable bonds is 7. The molecule has 0 unspecified atom stereocenters. The molecule has 174 valence electrons. The fourth-order valence-corrected chi connectivity index (χ4v) is 3.61. The molecule has 0 spiro atoms. The summed E-state index contributed by atoms with van der Waals surface area (Å²) < 4.78 is 42.3. The first kappa shape index (κ1) is 22.8. The molecule has 1 aliphatic rings. The third kappa shape index (κ3) is 5.15. The van der Waals surface area contributed by atoms with Crippen molar-refractivity contribution in [1.82, 2.24) is 4.98 Å². The summed E-state index contributed by atoms with van der Waals surface area (Å²) in [6.07, 6.45) is 2.08. The SMILES string of the molecule is O=C(COC(=O)/C=C/c1cc2c(cc1[N+](=O)[O-])OCO2)Nc1nc(-c2cc(F)ccc2F)cs1. The molecule has 34 heavy (non-hydrogen) atoms. The Labute approximate surface area is 193 Å². The van der Waals surface area contributed by atoms with Crippen molar-refractivity contribution < 1.29 is 37.5 Å². The smallest absolute Gasteiger partial charge is 0.331 e. The molecule has 13 heteroatoms. The highest BCUT2D eigenvalue weighted by atomic mass is 32.1. The number of ether oxygens (including phenoxy) is 3. The third-order valence-corrected chi connectivity index (χ3v) is 5.18. The van der Waals surface area contributed by atoms with Gasteiger partial charge in [0.05, 0.1) is 22.2 Å². The Morgan fingerprint density at radius 1 is 1.24 bits per heavy atom. The van der Waals surface area contributed by atoms with Crippen LogP contribution < -0.4 is 14.8 Å². The van der Waals surface area contributed by atoms with Gasteiger partial charge in [0.2, 0.25) is 6.79 Å². The number of nitrogens with one attached hydrogen (secondary N) is 1. The molecular weight excluding hydrogens is 476 g/mol. The minimum atomic E-state index is -0.927. The van der Waals surface area contributed by atoms with E-state index in [2.05, 4.69) is 10.3 Å². The lowest BCUT2D eigenvalue weighted by Crippen LogP contribution is -2.20. The van der Waals surface area contributed by atoms with Crippen molar-refractivity contribution in [3.63, 3.8) is 0 Å². The number of fused-ring (bicyclic) bond motifs is 1. The van der Waals surface area contributed by atoms with Crippen LogP contribution >= 0.6 is 11.3 Å². The largest absolute Gasteiger partial charge is 0.454 e. The monoisotopic (exact) mass is 489 g/mol. The molecule has 1 aromatic heterocycles. The maximum Gasteiger partial charge on any atom is 0.331 e. The first-order valence-corrected chi connectivity index (χ1v) is 10.3. The third-order valence-electron chi connectivity index (χ3n) is 4.42. The van der Waals surface area contributed by atoms with Gasteiger partial charge in [-0.2, -0.15) is 0 Å². The van der Waals surface area contributed by atoms with E-state index in [-0.39, 0.29) is 40.2 Å². The second-order valence-electron chi connectivity index (χ2n) is 6.67. The van der Waals surface area contributed by atoms with Crippen LogP contribution in [0.5, 0.6) is 11.5 Å². The number of nitrogens with zero attached hydrogens (tertiary/aromatic N) is 2. The van der Waals surface area contributed by atoms with Gasteiger partial charge in [-0.3, -0.25) is 20.2 Å². The number of aromatic nitrogens is 1. The Morgan fingerprint density at radius 3 is 2.76 bits per heavy atom. The van der Waals surface area contributed by atoms with E-state index in [1.807, 2.05) is 0 Å². The topological polar surface area (TPSA) is 130 Å². The van der Waals surface area contributed by atoms with Gasteiger partial charge in [-0.15, -0.1) is 11.3 Å². The number of carbonyl (C=O) groups excluding carboxylic acids is 2. The van der Waals surface area contributed by atoms with Crippen LogP contribution in [0.25, 0.3) is 17.3 Å². The van der Waals surface area contributed by atoms with Gasteiger partial charge in [0.25, 0.3) is 11.6 Å². The molecule has 10 nitrogen and oxygen atoms in total. The van der Waals surface area contributed by atoms with E-state index in [0.29, 0.717) is 5.75 Å². The van der Waals surface area contributed by atoms with Gasteiger partial charge in [-0.25, -0.2) is 18.6 Å². The van der Waals surface area contributed by atoms with E-state index >= 15 is 0 Å². The molecular formula is C21H13F2N3O7S. The number of hydrogen-bond donors (Lipinski definition) is 1. The quantitative estimate of drug-likeness (QED) is 0.229. The molecule has 1 N–H and O–H groups in total. The number of thiazole rings is 1. The van der Waals surface area contributed by atoms with E-state index in [1.54, 1.807) is 0 Å². The molecule has 4 rings (SSSR count). The highest BCUT2D eigenvalue weighted by molar-refractivity contribution is 7.14. The molecule has 0 fully saturated rings. The molecule has 0 saturated heterocycles. The van der Waals surface area contributed by atoms with Crippen molar-refractivity contribution in [2.75, 3.05) is 18.7 Å². The summed E-state index contributed by atoms with van der Waals surface area (Å²) in [6.45, 7) is -0.746. The summed E-state index contributed by atoms with van der Waals surface area (Å²) in [5.41, 5.74) is -0.163. The van der Waals surface area contributed by atoms with Gasteiger partial charge in [0.15, 0.2) is 23.2 Å². The molecule has 0 saturated carbocycles. The number of anilines is 1. The van der Waals surface area contributed by atoms with E-state index < -0.39 is 35.0 Å². The van der Waals surface area contributed by atoms with Gasteiger partial charge in [-0.1, -0.05) is 0 Å². The van der Waals surface area contributed by atoms with Crippen LogP contribution in [0, 0.1) is 21.7 Å². The van der Waals surface area contributed by atoms with Crippen LogP contribution in [0.1, 0.15) is 5.56 Å². The van der Waals surface area contributed by atoms with Crippen LogP contribution in [-0.4, -0.2) is 35.2 Å². The van der Waals surface area contributed by atoms with Crippen LogP contribution in [-0.2, 0) is 14.3 Å². The normalized spacial score (nSPS) is 12.1. The summed E-state index contributed by atoms with van der Waals surface area (Å²) >= 11 is 0.971. The Hall–Kier alpha value is -4.39. The average Bonchev–Trinajstić information content (AvgIpc) is 3.46. The maximum absolute atomic E-state index is 13.9. The van der Waals surface area contributed by atoms with E-state index in [4.69, 9.17) is 14.2 Å². The predicted octanol–water partition coefficient (Wildman–Crippen LogP) is 3.92. The number of benzene rings is 2. The number of carbonyl (C=O) groups is 2. The Balaban J connectivity index is 1.34. The van der Waals surface area contributed by atoms with Crippen molar-refractivity contribution in [2.24, 2.45) is 0 Å².